The highest BCUT2D eigenvalue weighted by atomic mass is 35.5. The lowest BCUT2D eigenvalue weighted by Crippen LogP contribution is -2.24. The van der Waals surface area contributed by atoms with Crippen LogP contribution >= 0.6 is 11.6 Å². The molecule has 0 spiro atoms. The van der Waals surface area contributed by atoms with Gasteiger partial charge in [-0.05, 0) is 48.1 Å². The van der Waals surface area contributed by atoms with Gasteiger partial charge >= 0.3 is 6.09 Å². The molecule has 0 radical (unpaired) electrons. The van der Waals surface area contributed by atoms with E-state index in [1.807, 2.05) is 42.7 Å². The zero-order valence-electron chi connectivity index (χ0n) is 19.7. The lowest BCUT2D eigenvalue weighted by Gasteiger charge is -2.10. The molecule has 180 valence electrons. The van der Waals surface area contributed by atoms with Crippen molar-refractivity contribution in [1.29, 1.82) is 0 Å². The van der Waals surface area contributed by atoms with Crippen molar-refractivity contribution in [2.75, 3.05) is 18.9 Å². The number of amides is 1. The van der Waals surface area contributed by atoms with Gasteiger partial charge in [-0.1, -0.05) is 39.8 Å². The average molecular weight is 477 g/mol. The quantitative estimate of drug-likeness (QED) is 0.318. The van der Waals surface area contributed by atoms with Gasteiger partial charge in [0.15, 0.2) is 11.5 Å². The molecule has 0 fully saturated rings. The predicted octanol–water partition coefficient (Wildman–Crippen LogP) is 4.83. The number of fused-ring (bicyclic) bond motifs is 1. The molecular weight excluding hydrogens is 444 g/mol. The molecule has 0 unspecified atom stereocenters. The van der Waals surface area contributed by atoms with Crippen LogP contribution in [0.15, 0.2) is 30.6 Å². The number of nitrogens with one attached hydrogen (secondary N) is 1. The van der Waals surface area contributed by atoms with Gasteiger partial charge in [-0.25, -0.2) is 9.78 Å². The van der Waals surface area contributed by atoms with E-state index in [2.05, 4.69) is 34.1 Å². The fourth-order valence-corrected chi connectivity index (χ4v) is 3.01. The van der Waals surface area contributed by atoms with Crippen molar-refractivity contribution in [2.45, 2.75) is 53.6 Å². The number of nitrogens with zero attached hydrogens (tertiary/aromatic N) is 4. The Balaban J connectivity index is 0.00000187. The van der Waals surface area contributed by atoms with Gasteiger partial charge < -0.3 is 25.1 Å². The summed E-state index contributed by atoms with van der Waals surface area (Å²) in [6, 6.07) is 7.65. The molecule has 0 saturated carbocycles. The topological polar surface area (TPSA) is 117 Å². The summed E-state index contributed by atoms with van der Waals surface area (Å²) in [6.45, 7) is 10.2. The second-order valence-corrected chi connectivity index (χ2v) is 7.87. The van der Waals surface area contributed by atoms with Gasteiger partial charge in [0.1, 0.15) is 11.3 Å². The lowest BCUT2D eigenvalue weighted by atomic mass is 10.2. The molecule has 1 aromatic carbocycles. The maximum atomic E-state index is 11.9. The largest absolute Gasteiger partial charge is 0.493 e. The molecule has 33 heavy (non-hydrogen) atoms. The Morgan fingerprint density at radius 2 is 1.91 bits per heavy atom. The Morgan fingerprint density at radius 3 is 2.61 bits per heavy atom. The number of carbonyl (C=O) groups is 1. The maximum absolute atomic E-state index is 11.9. The summed E-state index contributed by atoms with van der Waals surface area (Å²) in [5.41, 5.74) is 7.89. The first kappa shape index (κ1) is 26.2. The van der Waals surface area contributed by atoms with E-state index in [9.17, 15) is 4.79 Å². The molecule has 3 N–H and O–H groups in total. The van der Waals surface area contributed by atoms with Crippen molar-refractivity contribution < 1.29 is 14.3 Å². The van der Waals surface area contributed by atoms with Crippen LogP contribution < -0.4 is 15.8 Å². The molecular formula is C23H33ClN6O3. The minimum absolute atomic E-state index is 0.0875. The number of unbranched alkanes of at least 4 members (excludes halogenated alkanes) is 1. The number of anilines is 1. The number of rotatable bonds is 10. The molecule has 3 aromatic rings. The molecule has 0 aliphatic carbocycles. The van der Waals surface area contributed by atoms with E-state index in [1.165, 1.54) is 0 Å². The van der Waals surface area contributed by atoms with Crippen molar-refractivity contribution >= 4 is 34.7 Å². The fraction of sp³-hybridized carbons (Fsp3) is 0.478. The smallest absolute Gasteiger partial charge is 0.407 e. The minimum Gasteiger partial charge on any atom is -0.493 e. The number of nitrogens with two attached hydrogens (primary N) is 1. The first-order valence-corrected chi connectivity index (χ1v) is 11.6. The number of ether oxygens (including phenoxy) is 2. The second kappa shape index (κ2) is 13.5. The molecule has 10 heteroatoms. The Hall–Kier alpha value is -3.07. The van der Waals surface area contributed by atoms with Crippen molar-refractivity contribution in [2.24, 2.45) is 5.92 Å². The van der Waals surface area contributed by atoms with Crippen LogP contribution in [-0.4, -0.2) is 38.8 Å². The number of imidazole rings is 1. The van der Waals surface area contributed by atoms with Crippen molar-refractivity contribution in [3.05, 3.63) is 41.4 Å². The molecule has 2 heterocycles. The first-order valence-electron chi connectivity index (χ1n) is 11.2. The van der Waals surface area contributed by atoms with Gasteiger partial charge in [0, 0.05) is 13.1 Å². The number of carbonyl (C=O) groups excluding carboxylic acids is 1. The molecule has 2 aromatic heterocycles. The highest BCUT2D eigenvalue weighted by Crippen LogP contribution is 2.18. The summed E-state index contributed by atoms with van der Waals surface area (Å²) in [4.78, 5) is 24.2. The number of halogens is 1. The third kappa shape index (κ3) is 8.42. The van der Waals surface area contributed by atoms with E-state index in [1.54, 1.807) is 6.33 Å². The summed E-state index contributed by atoms with van der Waals surface area (Å²) < 4.78 is 12.7. The van der Waals surface area contributed by atoms with Gasteiger partial charge in [-0.15, -0.1) is 0 Å². The van der Waals surface area contributed by atoms with Crippen LogP contribution in [0.2, 0.25) is 5.28 Å². The molecule has 0 saturated heterocycles. The molecule has 0 aliphatic heterocycles. The van der Waals surface area contributed by atoms with E-state index < -0.39 is 6.09 Å². The predicted molar refractivity (Wildman–Crippen MR) is 130 cm³/mol. The molecule has 3 rings (SSSR count). The van der Waals surface area contributed by atoms with Crippen LogP contribution in [0.25, 0.3) is 11.2 Å². The third-order valence-electron chi connectivity index (χ3n) is 4.43. The number of hydrogen-bond donors (Lipinski definition) is 2. The van der Waals surface area contributed by atoms with Gasteiger partial charge in [-0.2, -0.15) is 9.97 Å². The zero-order valence-corrected chi connectivity index (χ0v) is 20.4. The first-order chi connectivity index (χ1) is 15.9. The highest BCUT2D eigenvalue weighted by molar-refractivity contribution is 6.28. The van der Waals surface area contributed by atoms with Gasteiger partial charge in [-0.3, -0.25) is 0 Å². The number of hydrogen-bond acceptors (Lipinski definition) is 7. The maximum Gasteiger partial charge on any atom is 0.407 e. The number of alkyl carbamates (subject to hydrolysis) is 1. The monoisotopic (exact) mass is 476 g/mol. The fourth-order valence-electron chi connectivity index (χ4n) is 2.84. The van der Waals surface area contributed by atoms with Crippen LogP contribution in [0.3, 0.4) is 0 Å². The van der Waals surface area contributed by atoms with Crippen molar-refractivity contribution in [3.63, 3.8) is 0 Å². The number of aromatic nitrogens is 4. The number of nitrogen functional groups attached to an aromatic ring is 1. The summed E-state index contributed by atoms with van der Waals surface area (Å²) in [6.07, 6.45) is 2.68. The SMILES string of the molecule is CC.CC(C)COc1ccc(CNC(=O)OCCCCn2cnc3c(N)nc(Cl)nc32)cc1. The molecule has 0 aliphatic rings. The van der Waals surface area contributed by atoms with E-state index >= 15 is 0 Å². The summed E-state index contributed by atoms with van der Waals surface area (Å²) >= 11 is 5.86. The van der Waals surface area contributed by atoms with Crippen LogP contribution in [0.1, 0.15) is 46.1 Å². The highest BCUT2D eigenvalue weighted by Gasteiger charge is 2.10. The van der Waals surface area contributed by atoms with Crippen LogP contribution in [-0.2, 0) is 17.8 Å². The van der Waals surface area contributed by atoms with E-state index in [0.717, 1.165) is 17.7 Å². The average Bonchev–Trinajstić information content (AvgIpc) is 3.21. The van der Waals surface area contributed by atoms with Crippen LogP contribution in [0.5, 0.6) is 5.75 Å². The molecule has 9 nitrogen and oxygen atoms in total. The third-order valence-corrected chi connectivity index (χ3v) is 4.60. The summed E-state index contributed by atoms with van der Waals surface area (Å²) in [5.74, 6) is 1.55. The van der Waals surface area contributed by atoms with E-state index in [4.69, 9.17) is 26.8 Å². The van der Waals surface area contributed by atoms with Crippen LogP contribution in [0.4, 0.5) is 10.6 Å². The van der Waals surface area contributed by atoms with Gasteiger partial charge in [0.2, 0.25) is 5.28 Å². The minimum atomic E-state index is -0.444. The Morgan fingerprint density at radius 1 is 1.18 bits per heavy atom. The normalized spacial score (nSPS) is 10.6. The zero-order chi connectivity index (χ0) is 24.2. The Kier molecular flexibility index (Phi) is 10.7. The van der Waals surface area contributed by atoms with Gasteiger partial charge in [0.25, 0.3) is 0 Å². The second-order valence-electron chi connectivity index (χ2n) is 7.53. The van der Waals surface area contributed by atoms with E-state index in [-0.39, 0.29) is 11.1 Å². The van der Waals surface area contributed by atoms with E-state index in [0.29, 0.717) is 49.8 Å². The lowest BCUT2D eigenvalue weighted by molar-refractivity contribution is 0.143. The number of benzene rings is 1. The number of aryl methyl sites for hydroxylation is 1. The molecule has 0 bridgehead atoms. The van der Waals surface area contributed by atoms with Crippen molar-refractivity contribution in [3.8, 4) is 5.75 Å². The Bertz CT molecular complexity index is 1010. The molecule has 0 atom stereocenters. The molecule has 1 amide bonds. The van der Waals surface area contributed by atoms with Crippen LogP contribution in [0, 0.1) is 5.92 Å². The van der Waals surface area contributed by atoms with Gasteiger partial charge in [0.05, 0.1) is 19.5 Å². The standard InChI is InChI=1S/C21H27ClN6O3.C2H6/c1-14(2)12-31-16-7-5-15(6-8-16)11-24-21(29)30-10-4-3-9-28-13-25-17-18(23)26-20(22)27-19(17)28;1-2/h5-8,13-14H,3-4,9-12H2,1-2H3,(H,24,29)(H2,23,26,27);1-2H3. The van der Waals surface area contributed by atoms with Crippen molar-refractivity contribution in [1.82, 2.24) is 24.8 Å². The summed E-state index contributed by atoms with van der Waals surface area (Å²) in [5, 5.41) is 2.83. The Labute approximate surface area is 199 Å². The summed E-state index contributed by atoms with van der Waals surface area (Å²) in [7, 11) is 0.